The summed E-state index contributed by atoms with van der Waals surface area (Å²) in [4.78, 5) is 24.5. The van der Waals surface area contributed by atoms with Crippen LogP contribution in [0.4, 0.5) is 0 Å². The first kappa shape index (κ1) is 19.6. The largest absolute Gasteiger partial charge is 0.497 e. The van der Waals surface area contributed by atoms with E-state index in [1.54, 1.807) is 13.3 Å². The highest BCUT2D eigenvalue weighted by Crippen LogP contribution is 2.29. The molecule has 0 radical (unpaired) electrons. The number of thiazole rings is 1. The van der Waals surface area contributed by atoms with Gasteiger partial charge in [-0.15, -0.1) is 11.3 Å². The van der Waals surface area contributed by atoms with E-state index in [1.165, 1.54) is 11.3 Å². The van der Waals surface area contributed by atoms with Crippen LogP contribution in [0.3, 0.4) is 0 Å². The van der Waals surface area contributed by atoms with Gasteiger partial charge in [-0.1, -0.05) is 12.1 Å². The van der Waals surface area contributed by atoms with Crippen LogP contribution in [0.5, 0.6) is 5.75 Å². The Balaban J connectivity index is 1.43. The van der Waals surface area contributed by atoms with Crippen LogP contribution in [0.2, 0.25) is 0 Å². The highest BCUT2D eigenvalue weighted by molar-refractivity contribution is 7.13. The third-order valence-electron chi connectivity index (χ3n) is 5.26. The summed E-state index contributed by atoms with van der Waals surface area (Å²) in [6.45, 7) is 5.24. The molecule has 1 aliphatic heterocycles. The standard InChI is InChI=1S/C22H25N3O3S/c1-14-20(29-15(2)24-14)22(26)25-10-4-5-17(13-25)21-23-12-19(28-21)11-16-6-8-18(27-3)9-7-16/h6-9,12,17H,4-5,10-11,13H2,1-3H3. The lowest BCUT2D eigenvalue weighted by atomic mass is 9.98. The van der Waals surface area contributed by atoms with Gasteiger partial charge in [0.2, 0.25) is 0 Å². The van der Waals surface area contributed by atoms with Gasteiger partial charge in [-0.05, 0) is 44.4 Å². The van der Waals surface area contributed by atoms with Gasteiger partial charge in [-0.25, -0.2) is 9.97 Å². The lowest BCUT2D eigenvalue weighted by Gasteiger charge is -2.31. The maximum Gasteiger partial charge on any atom is 0.265 e. The molecule has 1 unspecified atom stereocenters. The Morgan fingerprint density at radius 2 is 2.10 bits per heavy atom. The number of nitrogens with zero attached hydrogens (tertiary/aromatic N) is 3. The highest BCUT2D eigenvalue weighted by Gasteiger charge is 2.30. The fraction of sp³-hybridized carbons (Fsp3) is 0.409. The van der Waals surface area contributed by atoms with Gasteiger partial charge in [-0.2, -0.15) is 0 Å². The summed E-state index contributed by atoms with van der Waals surface area (Å²) in [6.07, 6.45) is 4.42. The predicted molar refractivity (Wildman–Crippen MR) is 112 cm³/mol. The first-order chi connectivity index (χ1) is 14.0. The van der Waals surface area contributed by atoms with E-state index < -0.39 is 0 Å². The molecule has 0 aliphatic carbocycles. The minimum atomic E-state index is 0.0720. The second kappa shape index (κ2) is 8.37. The summed E-state index contributed by atoms with van der Waals surface area (Å²) in [5.41, 5.74) is 1.96. The topological polar surface area (TPSA) is 68.5 Å². The molecule has 0 saturated carbocycles. The zero-order valence-corrected chi connectivity index (χ0v) is 17.8. The number of carbonyl (C=O) groups is 1. The summed E-state index contributed by atoms with van der Waals surface area (Å²) in [6, 6.07) is 7.95. The molecule has 3 aromatic rings. The van der Waals surface area contributed by atoms with E-state index >= 15 is 0 Å². The second-order valence-electron chi connectivity index (χ2n) is 7.43. The van der Waals surface area contributed by atoms with Crippen molar-refractivity contribution in [2.45, 2.75) is 39.0 Å². The van der Waals surface area contributed by atoms with Crippen LogP contribution >= 0.6 is 11.3 Å². The summed E-state index contributed by atoms with van der Waals surface area (Å²) < 4.78 is 11.3. The summed E-state index contributed by atoms with van der Waals surface area (Å²) in [5, 5.41) is 0.926. The molecule has 0 N–H and O–H groups in total. The molecule has 1 amide bonds. The fourth-order valence-electron chi connectivity index (χ4n) is 3.77. The molecule has 3 heterocycles. The number of aryl methyl sites for hydroxylation is 2. The molecule has 0 spiro atoms. The molecule has 1 saturated heterocycles. The number of benzene rings is 1. The van der Waals surface area contributed by atoms with Crippen molar-refractivity contribution in [2.75, 3.05) is 20.2 Å². The zero-order chi connectivity index (χ0) is 20.4. The predicted octanol–water partition coefficient (Wildman–Crippen LogP) is 4.37. The van der Waals surface area contributed by atoms with Crippen LogP contribution in [0, 0.1) is 13.8 Å². The zero-order valence-electron chi connectivity index (χ0n) is 17.0. The van der Waals surface area contributed by atoms with Crippen LogP contribution < -0.4 is 4.74 Å². The van der Waals surface area contributed by atoms with E-state index in [0.717, 1.165) is 57.9 Å². The average Bonchev–Trinajstić information content (AvgIpc) is 3.34. The number of likely N-dealkylation sites (tertiary alicyclic amines) is 1. The van der Waals surface area contributed by atoms with Crippen LogP contribution in [-0.2, 0) is 6.42 Å². The Morgan fingerprint density at radius 3 is 2.79 bits per heavy atom. The minimum absolute atomic E-state index is 0.0720. The molecule has 7 heteroatoms. The van der Waals surface area contributed by atoms with E-state index in [9.17, 15) is 4.79 Å². The van der Waals surface area contributed by atoms with E-state index in [4.69, 9.17) is 9.15 Å². The summed E-state index contributed by atoms with van der Waals surface area (Å²) in [5.74, 6) is 2.60. The quantitative estimate of drug-likeness (QED) is 0.624. The van der Waals surface area contributed by atoms with Crippen molar-refractivity contribution in [3.8, 4) is 5.75 Å². The normalized spacial score (nSPS) is 16.8. The molecule has 6 nitrogen and oxygen atoms in total. The average molecular weight is 412 g/mol. The van der Waals surface area contributed by atoms with Crippen molar-refractivity contribution >= 4 is 17.2 Å². The van der Waals surface area contributed by atoms with Crippen LogP contribution in [0.15, 0.2) is 34.9 Å². The number of carbonyl (C=O) groups excluding carboxylic acids is 1. The van der Waals surface area contributed by atoms with E-state index in [0.29, 0.717) is 13.0 Å². The Labute approximate surface area is 174 Å². The number of amides is 1. The van der Waals surface area contributed by atoms with E-state index in [-0.39, 0.29) is 11.8 Å². The molecular weight excluding hydrogens is 386 g/mol. The van der Waals surface area contributed by atoms with Crippen molar-refractivity contribution in [1.29, 1.82) is 0 Å². The van der Waals surface area contributed by atoms with Crippen molar-refractivity contribution in [1.82, 2.24) is 14.9 Å². The van der Waals surface area contributed by atoms with Gasteiger partial charge in [0.1, 0.15) is 16.4 Å². The monoisotopic (exact) mass is 411 g/mol. The van der Waals surface area contributed by atoms with Gasteiger partial charge in [0, 0.05) is 19.5 Å². The smallest absolute Gasteiger partial charge is 0.265 e. The van der Waals surface area contributed by atoms with Crippen molar-refractivity contribution in [3.63, 3.8) is 0 Å². The molecule has 1 fully saturated rings. The van der Waals surface area contributed by atoms with E-state index in [2.05, 4.69) is 9.97 Å². The number of oxazole rings is 1. The van der Waals surface area contributed by atoms with Gasteiger partial charge >= 0.3 is 0 Å². The van der Waals surface area contributed by atoms with Crippen molar-refractivity contribution in [2.24, 2.45) is 0 Å². The molecule has 0 bridgehead atoms. The molecule has 1 aliphatic rings. The third-order valence-corrected chi connectivity index (χ3v) is 6.33. The van der Waals surface area contributed by atoms with Gasteiger partial charge in [0.05, 0.1) is 29.9 Å². The van der Waals surface area contributed by atoms with E-state index in [1.807, 2.05) is 43.0 Å². The van der Waals surface area contributed by atoms with Crippen LogP contribution in [-0.4, -0.2) is 41.0 Å². The number of piperidine rings is 1. The first-order valence-electron chi connectivity index (χ1n) is 9.84. The number of methoxy groups -OCH3 is 1. The van der Waals surface area contributed by atoms with Gasteiger partial charge in [0.25, 0.3) is 5.91 Å². The molecule has 2 aromatic heterocycles. The maximum absolute atomic E-state index is 12.9. The number of aromatic nitrogens is 2. The summed E-state index contributed by atoms with van der Waals surface area (Å²) >= 11 is 1.47. The Bertz CT molecular complexity index is 993. The third kappa shape index (κ3) is 4.34. The Hall–Kier alpha value is -2.67. The number of rotatable bonds is 5. The molecule has 1 aromatic carbocycles. The van der Waals surface area contributed by atoms with Crippen LogP contribution in [0.25, 0.3) is 0 Å². The second-order valence-corrected chi connectivity index (χ2v) is 8.63. The lowest BCUT2D eigenvalue weighted by Crippen LogP contribution is -2.39. The summed E-state index contributed by atoms with van der Waals surface area (Å²) in [7, 11) is 1.66. The van der Waals surface area contributed by atoms with Crippen molar-refractivity contribution in [3.05, 3.63) is 63.3 Å². The molecule has 152 valence electrons. The lowest BCUT2D eigenvalue weighted by molar-refractivity contribution is 0.0702. The Kier molecular flexibility index (Phi) is 5.67. The highest BCUT2D eigenvalue weighted by atomic mass is 32.1. The molecule has 1 atom stereocenters. The van der Waals surface area contributed by atoms with Crippen LogP contribution in [0.1, 0.15) is 56.3 Å². The number of ether oxygens (including phenoxy) is 1. The van der Waals surface area contributed by atoms with Crippen molar-refractivity contribution < 1.29 is 13.9 Å². The molecule has 29 heavy (non-hydrogen) atoms. The first-order valence-corrected chi connectivity index (χ1v) is 10.7. The van der Waals surface area contributed by atoms with Gasteiger partial charge < -0.3 is 14.1 Å². The van der Waals surface area contributed by atoms with Gasteiger partial charge in [-0.3, -0.25) is 4.79 Å². The fourth-order valence-corrected chi connectivity index (χ4v) is 4.66. The molecule has 4 rings (SSSR count). The Morgan fingerprint density at radius 1 is 1.31 bits per heavy atom. The SMILES string of the molecule is COc1ccc(Cc2cnc(C3CCCN(C(=O)c4sc(C)nc4C)C3)o2)cc1. The minimum Gasteiger partial charge on any atom is -0.497 e. The number of hydrogen-bond donors (Lipinski definition) is 0. The number of hydrogen-bond acceptors (Lipinski definition) is 6. The van der Waals surface area contributed by atoms with Gasteiger partial charge in [0.15, 0.2) is 5.89 Å². The molecular formula is C22H25N3O3S. The maximum atomic E-state index is 12.9.